The standard InChI is InChI=1S/C12H13N5O2S/c1-16(2)20(18,19)9-3-4-11(10(14)7-9)17-6-5-15-12(17)8-13/h3-7H,14H2,1-2H3. The van der Waals surface area contributed by atoms with Crippen molar-refractivity contribution in [3.8, 4) is 11.8 Å². The topological polar surface area (TPSA) is 105 Å². The zero-order chi connectivity index (χ0) is 14.9. The molecule has 0 aliphatic carbocycles. The molecule has 8 heteroatoms. The lowest BCUT2D eigenvalue weighted by Gasteiger charge is -2.13. The van der Waals surface area contributed by atoms with Gasteiger partial charge in [-0.2, -0.15) is 5.26 Å². The second-order valence-electron chi connectivity index (χ2n) is 4.24. The van der Waals surface area contributed by atoms with Gasteiger partial charge in [-0.3, -0.25) is 4.57 Å². The van der Waals surface area contributed by atoms with E-state index in [1.165, 1.54) is 37.0 Å². The molecule has 0 fully saturated rings. The van der Waals surface area contributed by atoms with Gasteiger partial charge in [-0.15, -0.1) is 0 Å². The SMILES string of the molecule is CN(C)S(=O)(=O)c1ccc(-n2ccnc2C#N)c(N)c1. The molecular formula is C12H13N5O2S. The van der Waals surface area contributed by atoms with Crippen molar-refractivity contribution < 1.29 is 8.42 Å². The Bertz CT molecular complexity index is 786. The smallest absolute Gasteiger partial charge is 0.242 e. The molecule has 2 aromatic rings. The number of sulfonamides is 1. The molecule has 0 spiro atoms. The van der Waals surface area contributed by atoms with Crippen LogP contribution in [0.1, 0.15) is 5.82 Å². The number of imidazole rings is 1. The molecule has 0 unspecified atom stereocenters. The van der Waals surface area contributed by atoms with Crippen LogP contribution in [0.15, 0.2) is 35.5 Å². The van der Waals surface area contributed by atoms with E-state index in [9.17, 15) is 8.42 Å². The van der Waals surface area contributed by atoms with E-state index in [2.05, 4.69) is 4.98 Å². The van der Waals surface area contributed by atoms with Gasteiger partial charge in [0.25, 0.3) is 0 Å². The van der Waals surface area contributed by atoms with Crippen LogP contribution < -0.4 is 5.73 Å². The quantitative estimate of drug-likeness (QED) is 0.833. The molecule has 2 N–H and O–H groups in total. The highest BCUT2D eigenvalue weighted by Gasteiger charge is 2.18. The molecule has 0 aliphatic rings. The van der Waals surface area contributed by atoms with E-state index in [1.807, 2.05) is 6.07 Å². The van der Waals surface area contributed by atoms with Gasteiger partial charge >= 0.3 is 0 Å². The average molecular weight is 291 g/mol. The molecule has 0 radical (unpaired) electrons. The van der Waals surface area contributed by atoms with Crippen LogP contribution in [0.25, 0.3) is 5.69 Å². The predicted molar refractivity (Wildman–Crippen MR) is 73.6 cm³/mol. The third-order valence-corrected chi connectivity index (χ3v) is 4.59. The summed E-state index contributed by atoms with van der Waals surface area (Å²) in [5.74, 6) is 0.180. The van der Waals surface area contributed by atoms with Crippen LogP contribution in [0.3, 0.4) is 0 Å². The summed E-state index contributed by atoms with van der Waals surface area (Å²) in [7, 11) is -0.642. The largest absolute Gasteiger partial charge is 0.397 e. The van der Waals surface area contributed by atoms with Gasteiger partial charge in [0.1, 0.15) is 6.07 Å². The zero-order valence-electron chi connectivity index (χ0n) is 11.0. The highest BCUT2D eigenvalue weighted by atomic mass is 32.2. The van der Waals surface area contributed by atoms with E-state index >= 15 is 0 Å². The summed E-state index contributed by atoms with van der Waals surface area (Å²) in [5, 5.41) is 8.94. The van der Waals surface area contributed by atoms with E-state index in [1.54, 1.807) is 12.3 Å². The lowest BCUT2D eigenvalue weighted by atomic mass is 10.2. The van der Waals surface area contributed by atoms with E-state index in [0.29, 0.717) is 5.69 Å². The summed E-state index contributed by atoms with van der Waals surface area (Å²) in [6, 6.07) is 6.30. The Labute approximate surface area is 116 Å². The first-order chi connectivity index (χ1) is 9.37. The summed E-state index contributed by atoms with van der Waals surface area (Å²) < 4.78 is 26.6. The number of nitrogens with zero attached hydrogens (tertiary/aromatic N) is 4. The van der Waals surface area contributed by atoms with Crippen molar-refractivity contribution in [2.45, 2.75) is 4.90 Å². The number of nitrogens with two attached hydrogens (primary N) is 1. The maximum absolute atomic E-state index is 12.0. The fourth-order valence-electron chi connectivity index (χ4n) is 1.70. The normalized spacial score (nSPS) is 11.5. The molecule has 0 saturated carbocycles. The van der Waals surface area contributed by atoms with Crippen LogP contribution in [0, 0.1) is 11.3 Å². The Morgan fingerprint density at radius 1 is 1.40 bits per heavy atom. The highest BCUT2D eigenvalue weighted by molar-refractivity contribution is 7.89. The van der Waals surface area contributed by atoms with E-state index < -0.39 is 10.0 Å². The van der Waals surface area contributed by atoms with Gasteiger partial charge in [0.15, 0.2) is 0 Å². The maximum Gasteiger partial charge on any atom is 0.242 e. The maximum atomic E-state index is 12.0. The number of rotatable bonds is 3. The molecule has 1 heterocycles. The molecule has 1 aromatic heterocycles. The minimum absolute atomic E-state index is 0.0994. The van der Waals surface area contributed by atoms with Crippen LogP contribution >= 0.6 is 0 Å². The predicted octanol–water partition coefficient (Wildman–Crippen LogP) is 0.576. The van der Waals surface area contributed by atoms with Crippen molar-refractivity contribution >= 4 is 15.7 Å². The molecule has 104 valence electrons. The van der Waals surface area contributed by atoms with Gasteiger partial charge in [-0.05, 0) is 18.2 Å². The summed E-state index contributed by atoms with van der Waals surface area (Å²) >= 11 is 0. The van der Waals surface area contributed by atoms with Crippen molar-refractivity contribution in [3.05, 3.63) is 36.4 Å². The van der Waals surface area contributed by atoms with Gasteiger partial charge in [0.2, 0.25) is 15.8 Å². The van der Waals surface area contributed by atoms with E-state index in [4.69, 9.17) is 11.0 Å². The van der Waals surface area contributed by atoms with Crippen molar-refractivity contribution in [3.63, 3.8) is 0 Å². The number of nitriles is 1. The minimum atomic E-state index is -3.54. The first-order valence-corrected chi connectivity index (χ1v) is 7.08. The highest BCUT2D eigenvalue weighted by Crippen LogP contribution is 2.23. The summed E-state index contributed by atoms with van der Waals surface area (Å²) in [4.78, 5) is 3.97. The van der Waals surface area contributed by atoms with Crippen LogP contribution in [-0.4, -0.2) is 36.4 Å². The Balaban J connectivity index is 2.55. The molecule has 7 nitrogen and oxygen atoms in total. The lowest BCUT2D eigenvalue weighted by Crippen LogP contribution is -2.22. The molecule has 0 amide bonds. The molecule has 2 rings (SSSR count). The van der Waals surface area contributed by atoms with Crippen molar-refractivity contribution in [2.24, 2.45) is 0 Å². The van der Waals surface area contributed by atoms with Crippen LogP contribution in [0.5, 0.6) is 0 Å². The molecule has 20 heavy (non-hydrogen) atoms. The lowest BCUT2D eigenvalue weighted by molar-refractivity contribution is 0.521. The average Bonchev–Trinajstić information content (AvgIpc) is 2.86. The number of hydrogen-bond acceptors (Lipinski definition) is 5. The number of anilines is 1. The molecule has 1 aromatic carbocycles. The summed E-state index contributed by atoms with van der Waals surface area (Å²) in [6.45, 7) is 0. The Morgan fingerprint density at radius 2 is 2.10 bits per heavy atom. The third-order valence-electron chi connectivity index (χ3n) is 2.78. The number of nitrogen functional groups attached to an aromatic ring is 1. The number of benzene rings is 1. The first-order valence-electron chi connectivity index (χ1n) is 5.64. The fraction of sp³-hybridized carbons (Fsp3) is 0.167. The van der Waals surface area contributed by atoms with E-state index in [0.717, 1.165) is 4.31 Å². The second kappa shape index (κ2) is 4.96. The van der Waals surface area contributed by atoms with Crippen LogP contribution in [-0.2, 0) is 10.0 Å². The second-order valence-corrected chi connectivity index (χ2v) is 6.39. The molecule has 0 saturated heterocycles. The fourth-order valence-corrected chi connectivity index (χ4v) is 2.64. The van der Waals surface area contributed by atoms with Crippen LogP contribution in [0.2, 0.25) is 0 Å². The van der Waals surface area contributed by atoms with Gasteiger partial charge in [-0.1, -0.05) is 0 Å². The first kappa shape index (κ1) is 14.0. The Kier molecular flexibility index (Phi) is 3.48. The summed E-state index contributed by atoms with van der Waals surface area (Å²) in [6.07, 6.45) is 3.06. The molecule has 0 atom stereocenters. The van der Waals surface area contributed by atoms with Gasteiger partial charge < -0.3 is 5.73 Å². The number of hydrogen-bond donors (Lipinski definition) is 1. The summed E-state index contributed by atoms with van der Waals surface area (Å²) in [5.41, 5.74) is 6.66. The zero-order valence-corrected chi connectivity index (χ0v) is 11.8. The monoisotopic (exact) mass is 291 g/mol. The van der Waals surface area contributed by atoms with Crippen molar-refractivity contribution in [2.75, 3.05) is 19.8 Å². The Hall–Kier alpha value is -2.37. The van der Waals surface area contributed by atoms with E-state index in [-0.39, 0.29) is 16.4 Å². The van der Waals surface area contributed by atoms with Crippen molar-refractivity contribution in [1.82, 2.24) is 13.9 Å². The van der Waals surface area contributed by atoms with Crippen molar-refractivity contribution in [1.29, 1.82) is 5.26 Å². The van der Waals surface area contributed by atoms with Gasteiger partial charge in [0.05, 0.1) is 16.3 Å². The van der Waals surface area contributed by atoms with Gasteiger partial charge in [-0.25, -0.2) is 17.7 Å². The van der Waals surface area contributed by atoms with Crippen LogP contribution in [0.4, 0.5) is 5.69 Å². The minimum Gasteiger partial charge on any atom is -0.397 e. The Morgan fingerprint density at radius 3 is 2.65 bits per heavy atom. The molecule has 0 aliphatic heterocycles. The molecule has 0 bridgehead atoms. The third kappa shape index (κ3) is 2.24. The van der Waals surface area contributed by atoms with Gasteiger partial charge in [0, 0.05) is 26.5 Å². The molecular weight excluding hydrogens is 278 g/mol. The number of aromatic nitrogens is 2.